The molecule has 2 unspecified atom stereocenters. The second kappa shape index (κ2) is 7.05. The highest BCUT2D eigenvalue weighted by atomic mass is 16.5. The summed E-state index contributed by atoms with van der Waals surface area (Å²) in [6.45, 7) is 8.88. The van der Waals surface area contributed by atoms with Crippen molar-refractivity contribution in [2.45, 2.75) is 64.0 Å². The molecule has 2 fully saturated rings. The van der Waals surface area contributed by atoms with E-state index in [0.29, 0.717) is 17.5 Å². The van der Waals surface area contributed by atoms with Gasteiger partial charge in [-0.25, -0.2) is 0 Å². The van der Waals surface area contributed by atoms with Crippen LogP contribution in [-0.2, 0) is 4.74 Å². The van der Waals surface area contributed by atoms with Crippen LogP contribution in [0.5, 0.6) is 0 Å². The van der Waals surface area contributed by atoms with Gasteiger partial charge in [0.05, 0.1) is 6.61 Å². The van der Waals surface area contributed by atoms with Crippen LogP contribution >= 0.6 is 0 Å². The second-order valence-corrected chi connectivity index (χ2v) is 6.23. The summed E-state index contributed by atoms with van der Waals surface area (Å²) in [5, 5.41) is 3.68. The summed E-state index contributed by atoms with van der Waals surface area (Å²) in [5.74, 6) is 0.692. The summed E-state index contributed by atoms with van der Waals surface area (Å²) in [4.78, 5) is 2.72. The summed E-state index contributed by atoms with van der Waals surface area (Å²) in [5.41, 5.74) is 0.379. The zero-order chi connectivity index (χ0) is 13.7. The number of likely N-dealkylation sites (N-methyl/N-ethyl adjacent to an activating group) is 2. The van der Waals surface area contributed by atoms with E-state index in [9.17, 15) is 0 Å². The Morgan fingerprint density at radius 1 is 1.21 bits per heavy atom. The van der Waals surface area contributed by atoms with Gasteiger partial charge < -0.3 is 10.1 Å². The predicted octanol–water partition coefficient (Wildman–Crippen LogP) is 2.66. The van der Waals surface area contributed by atoms with Gasteiger partial charge in [0.25, 0.3) is 0 Å². The highest BCUT2D eigenvalue weighted by molar-refractivity contribution is 5.05. The number of nitrogens with zero attached hydrogens (tertiary/aromatic N) is 1. The number of hydrogen-bond donors (Lipinski definition) is 1. The molecule has 112 valence electrons. The van der Waals surface area contributed by atoms with E-state index in [1.807, 2.05) is 0 Å². The largest absolute Gasteiger partial charge is 0.381 e. The van der Waals surface area contributed by atoms with Crippen molar-refractivity contribution in [3.63, 3.8) is 0 Å². The van der Waals surface area contributed by atoms with Crippen LogP contribution in [0.4, 0.5) is 0 Å². The number of hydrogen-bond acceptors (Lipinski definition) is 3. The summed E-state index contributed by atoms with van der Waals surface area (Å²) in [6, 6.07) is 0.593. The molecule has 0 spiro atoms. The van der Waals surface area contributed by atoms with Gasteiger partial charge in [0.15, 0.2) is 0 Å². The van der Waals surface area contributed by atoms with Crippen molar-refractivity contribution in [3.8, 4) is 0 Å². The lowest BCUT2D eigenvalue weighted by atomic mass is 9.76. The zero-order valence-corrected chi connectivity index (χ0v) is 13.1. The standard InChI is InChI=1S/C16H32N2O/c1-4-18(5-2)16(10-6-7-11-16)15(17-3)14-9-8-12-19-13-14/h14-15,17H,4-13H2,1-3H3. The van der Waals surface area contributed by atoms with Crippen molar-refractivity contribution in [1.82, 2.24) is 10.2 Å². The molecule has 1 saturated carbocycles. The minimum atomic E-state index is 0.379. The first-order valence-corrected chi connectivity index (χ1v) is 8.28. The summed E-state index contributed by atoms with van der Waals surface area (Å²) >= 11 is 0. The maximum atomic E-state index is 5.76. The summed E-state index contributed by atoms with van der Waals surface area (Å²) in [6.07, 6.45) is 8.06. The molecule has 1 aliphatic carbocycles. The van der Waals surface area contributed by atoms with E-state index in [0.717, 1.165) is 13.2 Å². The van der Waals surface area contributed by atoms with Crippen LogP contribution in [0.1, 0.15) is 52.4 Å². The van der Waals surface area contributed by atoms with Gasteiger partial charge in [-0.3, -0.25) is 4.90 Å². The Kier molecular flexibility index (Phi) is 5.67. The fraction of sp³-hybridized carbons (Fsp3) is 1.00. The van der Waals surface area contributed by atoms with E-state index < -0.39 is 0 Å². The zero-order valence-electron chi connectivity index (χ0n) is 13.1. The first kappa shape index (κ1) is 15.3. The normalized spacial score (nSPS) is 28.7. The molecule has 2 atom stereocenters. The molecule has 0 bridgehead atoms. The maximum Gasteiger partial charge on any atom is 0.0509 e. The minimum absolute atomic E-state index is 0.379. The first-order valence-electron chi connectivity index (χ1n) is 8.28. The van der Waals surface area contributed by atoms with E-state index in [-0.39, 0.29) is 0 Å². The molecule has 1 saturated heterocycles. The Labute approximate surface area is 119 Å². The van der Waals surface area contributed by atoms with Crippen LogP contribution < -0.4 is 5.32 Å². The van der Waals surface area contributed by atoms with Crippen LogP contribution in [0.15, 0.2) is 0 Å². The third-order valence-electron chi connectivity index (χ3n) is 5.42. The molecule has 1 aliphatic heterocycles. The molecular weight excluding hydrogens is 236 g/mol. The number of nitrogens with one attached hydrogen (secondary N) is 1. The van der Waals surface area contributed by atoms with Gasteiger partial charge in [-0.05, 0) is 51.7 Å². The van der Waals surface area contributed by atoms with Crippen LogP contribution in [0.3, 0.4) is 0 Å². The van der Waals surface area contributed by atoms with Crippen molar-refractivity contribution in [3.05, 3.63) is 0 Å². The average Bonchev–Trinajstić information content (AvgIpc) is 2.92. The van der Waals surface area contributed by atoms with E-state index >= 15 is 0 Å². The molecule has 1 heterocycles. The molecule has 1 N–H and O–H groups in total. The number of ether oxygens (including phenoxy) is 1. The van der Waals surface area contributed by atoms with Gasteiger partial charge >= 0.3 is 0 Å². The van der Waals surface area contributed by atoms with Gasteiger partial charge in [0.2, 0.25) is 0 Å². The molecule has 2 rings (SSSR count). The summed E-state index contributed by atoms with van der Waals surface area (Å²) < 4.78 is 5.76. The first-order chi connectivity index (χ1) is 9.28. The number of rotatable bonds is 6. The Hall–Kier alpha value is -0.120. The van der Waals surface area contributed by atoms with Gasteiger partial charge in [-0.15, -0.1) is 0 Å². The van der Waals surface area contributed by atoms with Gasteiger partial charge in [0, 0.05) is 18.2 Å². The van der Waals surface area contributed by atoms with Gasteiger partial charge in [-0.2, -0.15) is 0 Å². The van der Waals surface area contributed by atoms with Crippen molar-refractivity contribution in [1.29, 1.82) is 0 Å². The highest BCUT2D eigenvalue weighted by Gasteiger charge is 2.47. The Bertz CT molecular complexity index is 253. The average molecular weight is 268 g/mol. The van der Waals surface area contributed by atoms with Crippen LogP contribution in [-0.4, -0.2) is 49.8 Å². The fourth-order valence-corrected chi connectivity index (χ4v) is 4.64. The highest BCUT2D eigenvalue weighted by Crippen LogP contribution is 2.41. The molecule has 0 radical (unpaired) electrons. The molecule has 0 amide bonds. The third kappa shape index (κ3) is 2.98. The quantitative estimate of drug-likeness (QED) is 0.801. The molecule has 0 aromatic heterocycles. The molecule has 19 heavy (non-hydrogen) atoms. The Balaban J connectivity index is 2.19. The van der Waals surface area contributed by atoms with Crippen LogP contribution in [0.2, 0.25) is 0 Å². The second-order valence-electron chi connectivity index (χ2n) is 6.23. The van der Waals surface area contributed by atoms with Crippen molar-refractivity contribution in [2.24, 2.45) is 5.92 Å². The third-order valence-corrected chi connectivity index (χ3v) is 5.42. The molecular formula is C16H32N2O. The maximum absolute atomic E-state index is 5.76. The predicted molar refractivity (Wildman–Crippen MR) is 80.5 cm³/mol. The Morgan fingerprint density at radius 3 is 2.37 bits per heavy atom. The summed E-state index contributed by atoms with van der Waals surface area (Å²) in [7, 11) is 2.16. The molecule has 2 aliphatic rings. The molecule has 3 nitrogen and oxygen atoms in total. The van der Waals surface area contributed by atoms with Crippen LogP contribution in [0, 0.1) is 5.92 Å². The van der Waals surface area contributed by atoms with Crippen molar-refractivity contribution < 1.29 is 4.74 Å². The van der Waals surface area contributed by atoms with E-state index in [1.165, 1.54) is 51.6 Å². The SMILES string of the molecule is CCN(CC)C1(C(NC)C2CCCOC2)CCCC1. The lowest BCUT2D eigenvalue weighted by Crippen LogP contribution is -2.62. The Morgan fingerprint density at radius 2 is 1.89 bits per heavy atom. The minimum Gasteiger partial charge on any atom is -0.381 e. The lowest BCUT2D eigenvalue weighted by molar-refractivity contribution is -0.0149. The van der Waals surface area contributed by atoms with E-state index in [2.05, 4.69) is 31.1 Å². The fourth-order valence-electron chi connectivity index (χ4n) is 4.64. The van der Waals surface area contributed by atoms with Gasteiger partial charge in [-0.1, -0.05) is 26.7 Å². The molecule has 0 aromatic carbocycles. The molecule has 0 aromatic rings. The van der Waals surface area contributed by atoms with Crippen LogP contribution in [0.25, 0.3) is 0 Å². The topological polar surface area (TPSA) is 24.5 Å². The van der Waals surface area contributed by atoms with E-state index in [4.69, 9.17) is 4.74 Å². The van der Waals surface area contributed by atoms with Gasteiger partial charge in [0.1, 0.15) is 0 Å². The smallest absolute Gasteiger partial charge is 0.0509 e. The van der Waals surface area contributed by atoms with Crippen molar-refractivity contribution in [2.75, 3.05) is 33.4 Å². The van der Waals surface area contributed by atoms with Crippen molar-refractivity contribution >= 4 is 0 Å². The molecule has 3 heteroatoms. The monoisotopic (exact) mass is 268 g/mol. The lowest BCUT2D eigenvalue weighted by Gasteiger charge is -2.49. The van der Waals surface area contributed by atoms with E-state index in [1.54, 1.807) is 0 Å².